The first-order chi connectivity index (χ1) is 17.9. The van der Waals surface area contributed by atoms with E-state index in [1.54, 1.807) is 19.2 Å². The quantitative estimate of drug-likeness (QED) is 0.341. The third-order valence-electron chi connectivity index (χ3n) is 6.59. The Balaban J connectivity index is 1.60. The summed E-state index contributed by atoms with van der Waals surface area (Å²) in [4.78, 5) is 12.3. The van der Waals surface area contributed by atoms with E-state index in [1.807, 2.05) is 26.8 Å². The number of anilines is 1. The normalized spacial score (nSPS) is 13.6. The molecule has 2 N–H and O–H groups in total. The molecule has 3 heterocycles. The maximum atomic E-state index is 10.0. The number of ether oxygens (including phenoxy) is 1. The molecule has 192 valence electrons. The van der Waals surface area contributed by atoms with Gasteiger partial charge >= 0.3 is 0 Å². The second-order valence-corrected chi connectivity index (χ2v) is 9.74. The number of hydrogen-bond acceptors (Lipinski definition) is 8. The number of likely N-dealkylation sites (N-methyl/N-ethyl adjacent to an activating group) is 1. The Labute approximate surface area is 221 Å². The van der Waals surface area contributed by atoms with E-state index >= 15 is 0 Å². The lowest BCUT2D eigenvalue weighted by atomic mass is 10.0. The number of benzene rings is 2. The zero-order valence-electron chi connectivity index (χ0n) is 21.4. The standard InChI is InChI=1S/C28H30ClN5O3/c1-16-26(25-17(2)33-37-18(25)3)31-27(32-28(16)34-13-19-7-5-6-8-20(19)14-34)23-11-22(9-10-24(23)29)36-15-21(35)12-30-4/h5-11,21,30,35H,12-15H2,1-4H3/t21-/m1/s1. The number of fused-ring (bicyclic) bond motifs is 1. The van der Waals surface area contributed by atoms with Crippen LogP contribution in [0.4, 0.5) is 5.82 Å². The van der Waals surface area contributed by atoms with E-state index in [9.17, 15) is 5.11 Å². The van der Waals surface area contributed by atoms with Gasteiger partial charge in [-0.05, 0) is 57.1 Å². The molecule has 5 rings (SSSR count). The van der Waals surface area contributed by atoms with Gasteiger partial charge in [0.1, 0.15) is 30.0 Å². The first kappa shape index (κ1) is 25.2. The van der Waals surface area contributed by atoms with Crippen molar-refractivity contribution in [1.82, 2.24) is 20.4 Å². The summed E-state index contributed by atoms with van der Waals surface area (Å²) in [7, 11) is 1.78. The molecule has 0 saturated carbocycles. The van der Waals surface area contributed by atoms with E-state index in [0.29, 0.717) is 34.5 Å². The lowest BCUT2D eigenvalue weighted by Gasteiger charge is -2.22. The fraction of sp³-hybridized carbons (Fsp3) is 0.321. The Morgan fingerprint density at radius 2 is 1.84 bits per heavy atom. The van der Waals surface area contributed by atoms with E-state index in [1.165, 1.54) is 11.1 Å². The molecule has 0 amide bonds. The number of aromatic nitrogens is 3. The highest BCUT2D eigenvalue weighted by Gasteiger charge is 2.27. The minimum atomic E-state index is -0.630. The van der Waals surface area contributed by atoms with Crippen LogP contribution in [0, 0.1) is 20.8 Å². The fourth-order valence-corrected chi connectivity index (χ4v) is 4.94. The van der Waals surface area contributed by atoms with Crippen LogP contribution in [0.3, 0.4) is 0 Å². The minimum absolute atomic E-state index is 0.151. The molecule has 1 aliphatic rings. The summed E-state index contributed by atoms with van der Waals surface area (Å²) in [5.41, 5.74) is 6.56. The van der Waals surface area contributed by atoms with Crippen molar-refractivity contribution < 1.29 is 14.4 Å². The number of aliphatic hydroxyl groups excluding tert-OH is 1. The average molecular weight is 520 g/mol. The molecule has 2 aromatic carbocycles. The second-order valence-electron chi connectivity index (χ2n) is 9.33. The highest BCUT2D eigenvalue weighted by Crippen LogP contribution is 2.39. The third-order valence-corrected chi connectivity index (χ3v) is 6.92. The van der Waals surface area contributed by atoms with Gasteiger partial charge in [-0.3, -0.25) is 0 Å². The lowest BCUT2D eigenvalue weighted by molar-refractivity contribution is 0.108. The fourth-order valence-electron chi connectivity index (χ4n) is 4.73. The van der Waals surface area contributed by atoms with Gasteiger partial charge in [0.15, 0.2) is 5.82 Å². The first-order valence-electron chi connectivity index (χ1n) is 12.2. The molecular weight excluding hydrogens is 490 g/mol. The van der Waals surface area contributed by atoms with Crippen LogP contribution in [0.2, 0.25) is 5.02 Å². The van der Waals surface area contributed by atoms with Crippen molar-refractivity contribution in [3.63, 3.8) is 0 Å². The summed E-state index contributed by atoms with van der Waals surface area (Å²) < 4.78 is 11.3. The van der Waals surface area contributed by atoms with Crippen molar-refractivity contribution in [2.45, 2.75) is 40.0 Å². The molecule has 0 saturated heterocycles. The van der Waals surface area contributed by atoms with Gasteiger partial charge in [0.2, 0.25) is 0 Å². The molecule has 2 aromatic heterocycles. The molecule has 0 bridgehead atoms. The third kappa shape index (κ3) is 5.05. The Morgan fingerprint density at radius 1 is 1.11 bits per heavy atom. The van der Waals surface area contributed by atoms with Crippen LogP contribution in [0.1, 0.15) is 28.1 Å². The van der Waals surface area contributed by atoms with Crippen LogP contribution in [-0.4, -0.2) is 46.5 Å². The van der Waals surface area contributed by atoms with Gasteiger partial charge in [-0.25, -0.2) is 9.97 Å². The molecule has 8 nitrogen and oxygen atoms in total. The minimum Gasteiger partial charge on any atom is -0.491 e. The zero-order valence-corrected chi connectivity index (χ0v) is 22.1. The number of aryl methyl sites for hydroxylation is 2. The molecule has 0 spiro atoms. The number of nitrogens with one attached hydrogen (secondary N) is 1. The molecule has 4 aromatic rings. The Bertz CT molecular complexity index is 1390. The second kappa shape index (κ2) is 10.5. The monoisotopic (exact) mass is 519 g/mol. The number of rotatable bonds is 8. The Morgan fingerprint density at radius 3 is 2.49 bits per heavy atom. The van der Waals surface area contributed by atoms with Crippen molar-refractivity contribution in [2.75, 3.05) is 25.1 Å². The number of halogens is 1. The largest absolute Gasteiger partial charge is 0.491 e. The van der Waals surface area contributed by atoms with Gasteiger partial charge < -0.3 is 24.6 Å². The van der Waals surface area contributed by atoms with Crippen molar-refractivity contribution >= 4 is 17.4 Å². The summed E-state index contributed by atoms with van der Waals surface area (Å²) >= 11 is 6.67. The molecule has 37 heavy (non-hydrogen) atoms. The Kier molecular flexibility index (Phi) is 7.15. The summed E-state index contributed by atoms with van der Waals surface area (Å²) in [6, 6.07) is 13.8. The maximum absolute atomic E-state index is 10.0. The van der Waals surface area contributed by atoms with Crippen LogP contribution in [-0.2, 0) is 13.1 Å². The molecule has 0 unspecified atom stereocenters. The highest BCUT2D eigenvalue weighted by molar-refractivity contribution is 6.33. The van der Waals surface area contributed by atoms with Gasteiger partial charge in [-0.2, -0.15) is 0 Å². The Hall–Kier alpha value is -3.46. The van der Waals surface area contributed by atoms with Gasteiger partial charge in [0.25, 0.3) is 0 Å². The van der Waals surface area contributed by atoms with Gasteiger partial charge in [0.05, 0.1) is 22.0 Å². The summed E-state index contributed by atoms with van der Waals surface area (Å²) in [5.74, 6) is 2.59. The van der Waals surface area contributed by atoms with E-state index in [-0.39, 0.29) is 6.61 Å². The first-order valence-corrected chi connectivity index (χ1v) is 12.6. The molecule has 0 aliphatic carbocycles. The van der Waals surface area contributed by atoms with E-state index < -0.39 is 6.10 Å². The van der Waals surface area contributed by atoms with E-state index in [4.69, 9.17) is 30.8 Å². The molecule has 1 atom stereocenters. The van der Waals surface area contributed by atoms with E-state index in [0.717, 1.165) is 41.4 Å². The van der Waals surface area contributed by atoms with Crippen LogP contribution < -0.4 is 15.0 Å². The van der Waals surface area contributed by atoms with Crippen molar-refractivity contribution in [3.8, 4) is 28.4 Å². The summed E-state index contributed by atoms with van der Waals surface area (Å²) in [6.07, 6.45) is -0.630. The molecule has 0 fully saturated rings. The number of nitrogens with zero attached hydrogens (tertiary/aromatic N) is 4. The smallest absolute Gasteiger partial charge is 0.163 e. The van der Waals surface area contributed by atoms with Crippen molar-refractivity contribution in [1.29, 1.82) is 0 Å². The average Bonchev–Trinajstić information content (AvgIpc) is 3.46. The molecular formula is C28H30ClN5O3. The molecule has 0 radical (unpaired) electrons. The zero-order chi connectivity index (χ0) is 26.1. The van der Waals surface area contributed by atoms with Crippen LogP contribution in [0.15, 0.2) is 47.0 Å². The van der Waals surface area contributed by atoms with Crippen LogP contribution in [0.25, 0.3) is 22.6 Å². The van der Waals surface area contributed by atoms with Crippen LogP contribution >= 0.6 is 11.6 Å². The predicted molar refractivity (Wildman–Crippen MR) is 144 cm³/mol. The molecule has 1 aliphatic heterocycles. The van der Waals surface area contributed by atoms with Crippen LogP contribution in [0.5, 0.6) is 5.75 Å². The maximum Gasteiger partial charge on any atom is 0.163 e. The topological polar surface area (TPSA) is 96.5 Å². The SMILES string of the molecule is CNC[C@@H](O)COc1ccc(Cl)c(-c2nc(-c3c(C)noc3C)c(C)c(N3Cc4ccccc4C3)n2)c1. The number of aliphatic hydroxyl groups is 1. The number of hydrogen-bond donors (Lipinski definition) is 2. The van der Waals surface area contributed by atoms with Gasteiger partial charge in [-0.15, -0.1) is 0 Å². The van der Waals surface area contributed by atoms with E-state index in [2.05, 4.69) is 39.6 Å². The van der Waals surface area contributed by atoms with Gasteiger partial charge in [0, 0.05) is 30.8 Å². The van der Waals surface area contributed by atoms with Crippen molar-refractivity contribution in [3.05, 3.63) is 75.6 Å². The van der Waals surface area contributed by atoms with Crippen molar-refractivity contribution in [2.24, 2.45) is 0 Å². The summed E-state index contributed by atoms with van der Waals surface area (Å²) in [5, 5.41) is 17.7. The summed E-state index contributed by atoms with van der Waals surface area (Å²) in [6.45, 7) is 7.94. The highest BCUT2D eigenvalue weighted by atomic mass is 35.5. The predicted octanol–water partition coefficient (Wildman–Crippen LogP) is 4.86. The molecule has 9 heteroatoms. The van der Waals surface area contributed by atoms with Gasteiger partial charge in [-0.1, -0.05) is 41.0 Å². The lowest BCUT2D eigenvalue weighted by Crippen LogP contribution is -2.29.